The van der Waals surface area contributed by atoms with Crippen molar-refractivity contribution in [1.82, 2.24) is 19.4 Å². The average molecular weight is 413 g/mol. The molecule has 0 atom stereocenters. The van der Waals surface area contributed by atoms with Crippen molar-refractivity contribution in [2.45, 2.75) is 39.5 Å². The second-order valence-electron chi connectivity index (χ2n) is 8.13. The largest absolute Gasteiger partial charge is 0.310 e. The summed E-state index contributed by atoms with van der Waals surface area (Å²) in [4.78, 5) is 37.8. The summed E-state index contributed by atoms with van der Waals surface area (Å²) >= 11 is 0. The number of aryl methyl sites for hydroxylation is 1. The van der Waals surface area contributed by atoms with E-state index in [9.17, 15) is 9.59 Å². The highest BCUT2D eigenvalue weighted by Crippen LogP contribution is 2.33. The number of anilines is 1. The summed E-state index contributed by atoms with van der Waals surface area (Å²) in [7, 11) is 0. The number of imidazole rings is 1. The van der Waals surface area contributed by atoms with E-state index in [-0.39, 0.29) is 17.6 Å². The molecule has 1 saturated carbocycles. The average Bonchev–Trinajstić information content (AvgIpc) is 3.50. The number of ketones is 1. The van der Waals surface area contributed by atoms with E-state index < -0.39 is 0 Å². The van der Waals surface area contributed by atoms with E-state index in [1.807, 2.05) is 42.6 Å². The summed E-state index contributed by atoms with van der Waals surface area (Å²) < 4.78 is 1.99. The Labute approximate surface area is 179 Å². The zero-order valence-corrected chi connectivity index (χ0v) is 17.6. The molecule has 5 rings (SSSR count). The van der Waals surface area contributed by atoms with E-state index in [1.165, 1.54) is 0 Å². The summed E-state index contributed by atoms with van der Waals surface area (Å²) in [5.41, 5.74) is 5.03. The minimum Gasteiger partial charge on any atom is -0.310 e. The molecular weight excluding hydrogens is 390 g/mol. The van der Waals surface area contributed by atoms with Gasteiger partial charge in [-0.1, -0.05) is 6.92 Å². The number of Topliss-reactive ketones (excluding diaryl/α,β-unsaturated/α-hetero) is 1. The predicted molar refractivity (Wildman–Crippen MR) is 119 cm³/mol. The summed E-state index contributed by atoms with van der Waals surface area (Å²) in [6, 6.07) is 5.77. The van der Waals surface area contributed by atoms with Gasteiger partial charge >= 0.3 is 0 Å². The number of nitrogens with one attached hydrogen (secondary N) is 1. The topological polar surface area (TPSA) is 89.2 Å². The minimum absolute atomic E-state index is 0.0322. The minimum atomic E-state index is 0.0322. The van der Waals surface area contributed by atoms with E-state index in [0.717, 1.165) is 52.5 Å². The first-order valence-corrected chi connectivity index (χ1v) is 10.6. The van der Waals surface area contributed by atoms with Crippen LogP contribution in [-0.4, -0.2) is 31.0 Å². The van der Waals surface area contributed by atoms with Gasteiger partial charge in [0.2, 0.25) is 5.91 Å². The summed E-state index contributed by atoms with van der Waals surface area (Å²) in [5, 5.41) is 3.84. The van der Waals surface area contributed by atoms with Crippen LogP contribution < -0.4 is 5.32 Å². The molecule has 1 aliphatic carbocycles. The molecule has 156 valence electrons. The van der Waals surface area contributed by atoms with Gasteiger partial charge in [0.25, 0.3) is 0 Å². The van der Waals surface area contributed by atoms with Gasteiger partial charge < -0.3 is 5.32 Å². The van der Waals surface area contributed by atoms with Gasteiger partial charge in [-0.3, -0.25) is 19.0 Å². The number of nitrogens with zero attached hydrogens (tertiary/aromatic N) is 4. The highest BCUT2D eigenvalue weighted by atomic mass is 16.2. The molecule has 4 aromatic rings. The molecule has 0 radical (unpaired) electrons. The van der Waals surface area contributed by atoms with Crippen LogP contribution >= 0.6 is 0 Å². The SMILES string of the molecule is CCCC(=O)c1cc(C)c(-c2cc3cnc(NC(=O)C4CC4)cc3n3ccnc23)cn1. The quantitative estimate of drug-likeness (QED) is 0.467. The van der Waals surface area contributed by atoms with Crippen molar-refractivity contribution < 1.29 is 9.59 Å². The first-order valence-electron chi connectivity index (χ1n) is 10.6. The molecule has 0 bridgehead atoms. The van der Waals surface area contributed by atoms with Crippen LogP contribution in [0.25, 0.3) is 27.7 Å². The van der Waals surface area contributed by atoms with Gasteiger partial charge in [-0.05, 0) is 43.9 Å². The van der Waals surface area contributed by atoms with Crippen molar-refractivity contribution in [1.29, 1.82) is 0 Å². The third-order valence-electron chi connectivity index (χ3n) is 5.72. The fraction of sp³-hybridized carbons (Fsp3) is 0.292. The van der Waals surface area contributed by atoms with E-state index in [2.05, 4.69) is 20.3 Å². The van der Waals surface area contributed by atoms with E-state index in [4.69, 9.17) is 0 Å². The normalized spacial score (nSPS) is 13.6. The van der Waals surface area contributed by atoms with Crippen LogP contribution in [-0.2, 0) is 4.79 Å². The monoisotopic (exact) mass is 413 g/mol. The lowest BCUT2D eigenvalue weighted by Gasteiger charge is -2.12. The number of amides is 1. The Hall–Kier alpha value is -3.61. The Kier molecular flexibility index (Phi) is 4.73. The number of hydrogen-bond acceptors (Lipinski definition) is 5. The number of carbonyl (C=O) groups excluding carboxylic acids is 2. The first kappa shape index (κ1) is 19.4. The fourth-order valence-corrected chi connectivity index (χ4v) is 3.88. The molecule has 7 nitrogen and oxygen atoms in total. The Balaban J connectivity index is 1.59. The molecule has 0 aliphatic heterocycles. The number of aromatic nitrogens is 4. The van der Waals surface area contributed by atoms with Gasteiger partial charge in [-0.2, -0.15) is 0 Å². The third-order valence-corrected chi connectivity index (χ3v) is 5.72. The van der Waals surface area contributed by atoms with Gasteiger partial charge in [0, 0.05) is 59.7 Å². The molecule has 7 heteroatoms. The lowest BCUT2D eigenvalue weighted by molar-refractivity contribution is -0.117. The molecule has 4 heterocycles. The van der Waals surface area contributed by atoms with Crippen LogP contribution in [0.2, 0.25) is 0 Å². The standard InChI is InChI=1S/C24H23N5O2/c1-3-4-21(30)19-9-14(2)18(13-26-19)17-10-16-12-27-22(28-24(31)15-5-6-15)11-20(16)29-8-7-25-23(17)29/h7-13,15H,3-6H2,1-2H3,(H,27,28,31). The van der Waals surface area contributed by atoms with Crippen molar-refractivity contribution in [2.24, 2.45) is 5.92 Å². The summed E-state index contributed by atoms with van der Waals surface area (Å²) in [6.07, 6.45) is 10.4. The molecule has 0 aromatic carbocycles. The van der Waals surface area contributed by atoms with Gasteiger partial charge in [-0.15, -0.1) is 0 Å². The molecule has 1 fully saturated rings. The van der Waals surface area contributed by atoms with E-state index in [1.54, 1.807) is 18.6 Å². The van der Waals surface area contributed by atoms with Crippen LogP contribution in [0.15, 0.2) is 43.0 Å². The Morgan fingerprint density at radius 1 is 1.10 bits per heavy atom. The Morgan fingerprint density at radius 3 is 2.68 bits per heavy atom. The Morgan fingerprint density at radius 2 is 1.94 bits per heavy atom. The van der Waals surface area contributed by atoms with Crippen molar-refractivity contribution >= 4 is 34.1 Å². The molecule has 0 unspecified atom stereocenters. The van der Waals surface area contributed by atoms with Gasteiger partial charge in [0.1, 0.15) is 17.2 Å². The molecule has 1 amide bonds. The maximum atomic E-state index is 12.2. The lowest BCUT2D eigenvalue weighted by Crippen LogP contribution is -2.14. The van der Waals surface area contributed by atoms with Gasteiger partial charge in [0.15, 0.2) is 5.78 Å². The highest BCUT2D eigenvalue weighted by molar-refractivity contribution is 5.98. The molecule has 1 N–H and O–H groups in total. The number of rotatable bonds is 6. The molecule has 0 spiro atoms. The van der Waals surface area contributed by atoms with Gasteiger partial charge in [-0.25, -0.2) is 9.97 Å². The van der Waals surface area contributed by atoms with E-state index >= 15 is 0 Å². The van der Waals surface area contributed by atoms with Crippen molar-refractivity contribution in [3.63, 3.8) is 0 Å². The predicted octanol–water partition coefficient (Wildman–Crippen LogP) is 4.58. The maximum absolute atomic E-state index is 12.2. The second kappa shape index (κ2) is 7.58. The fourth-order valence-electron chi connectivity index (χ4n) is 3.88. The van der Waals surface area contributed by atoms with Crippen LogP contribution in [0, 0.1) is 12.8 Å². The second-order valence-corrected chi connectivity index (χ2v) is 8.13. The van der Waals surface area contributed by atoms with Crippen molar-refractivity contribution in [2.75, 3.05) is 5.32 Å². The van der Waals surface area contributed by atoms with Crippen LogP contribution in [0.5, 0.6) is 0 Å². The van der Waals surface area contributed by atoms with Crippen LogP contribution in [0.4, 0.5) is 5.82 Å². The lowest BCUT2D eigenvalue weighted by atomic mass is 10.0. The number of carbonyl (C=O) groups is 2. The van der Waals surface area contributed by atoms with E-state index in [0.29, 0.717) is 17.9 Å². The number of pyridine rings is 3. The van der Waals surface area contributed by atoms with Crippen LogP contribution in [0.1, 0.15) is 48.7 Å². The molecule has 0 saturated heterocycles. The Bertz CT molecular complexity index is 1340. The zero-order chi connectivity index (χ0) is 21.5. The third kappa shape index (κ3) is 3.56. The smallest absolute Gasteiger partial charge is 0.228 e. The van der Waals surface area contributed by atoms with Crippen molar-refractivity contribution in [3.8, 4) is 11.1 Å². The van der Waals surface area contributed by atoms with Crippen molar-refractivity contribution in [3.05, 3.63) is 54.2 Å². The first-order chi connectivity index (χ1) is 15.0. The number of hydrogen-bond donors (Lipinski definition) is 1. The molecule has 4 aromatic heterocycles. The van der Waals surface area contributed by atoms with Gasteiger partial charge in [0.05, 0.1) is 5.52 Å². The zero-order valence-electron chi connectivity index (χ0n) is 17.6. The summed E-state index contributed by atoms with van der Waals surface area (Å²) in [6.45, 7) is 3.97. The highest BCUT2D eigenvalue weighted by Gasteiger charge is 2.29. The maximum Gasteiger partial charge on any atom is 0.228 e. The van der Waals surface area contributed by atoms with Crippen LogP contribution in [0.3, 0.4) is 0 Å². The number of fused-ring (bicyclic) bond motifs is 3. The summed E-state index contributed by atoms with van der Waals surface area (Å²) in [5.74, 6) is 0.760. The molecular formula is C24H23N5O2. The molecule has 31 heavy (non-hydrogen) atoms. The molecule has 1 aliphatic rings.